The molecule has 3 heteroatoms. The third-order valence-electron chi connectivity index (χ3n) is 1.37. The highest BCUT2D eigenvalue weighted by Gasteiger charge is 1.99. The van der Waals surface area contributed by atoms with Gasteiger partial charge in [-0.15, -0.1) is 0 Å². The molecule has 1 N–H and O–H groups in total. The number of esters is 1. The molecule has 0 heterocycles. The van der Waals surface area contributed by atoms with Gasteiger partial charge in [0.25, 0.3) is 0 Å². The molecule has 0 aromatic carbocycles. The topological polar surface area (TPSA) is 46.5 Å². The first-order valence-electron chi connectivity index (χ1n) is 5.07. The van der Waals surface area contributed by atoms with Crippen LogP contribution in [0.1, 0.15) is 13.8 Å². The van der Waals surface area contributed by atoms with E-state index in [1.807, 2.05) is 0 Å². The van der Waals surface area contributed by atoms with Crippen molar-refractivity contribution in [3.8, 4) is 47.4 Å². The summed E-state index contributed by atoms with van der Waals surface area (Å²) in [6, 6.07) is 0. The van der Waals surface area contributed by atoms with E-state index in [9.17, 15) is 9.90 Å². The van der Waals surface area contributed by atoms with Crippen LogP contribution in [0.5, 0.6) is 0 Å². The molecule has 0 aromatic rings. The van der Waals surface area contributed by atoms with E-state index >= 15 is 0 Å². The lowest BCUT2D eigenvalue weighted by Crippen LogP contribution is -2.14. The molecule has 0 bridgehead atoms. The van der Waals surface area contributed by atoms with Crippen LogP contribution in [-0.2, 0) is 9.53 Å². The molecular weight excluding hydrogens is 228 g/mol. The number of allylic oxidation sites excluding steroid dienone is 1. The largest absolute Gasteiger partial charge is 0.463 e. The van der Waals surface area contributed by atoms with Crippen molar-refractivity contribution in [2.75, 3.05) is 6.61 Å². The van der Waals surface area contributed by atoms with E-state index in [-0.39, 0.29) is 6.61 Å². The van der Waals surface area contributed by atoms with Crippen molar-refractivity contribution in [3.63, 3.8) is 0 Å². The molecule has 0 radical (unpaired) electrons. The summed E-state index contributed by atoms with van der Waals surface area (Å²) >= 11 is 0. The minimum Gasteiger partial charge on any atom is -0.463 e. The lowest BCUT2D eigenvalue weighted by Gasteiger charge is -2.03. The zero-order valence-corrected chi connectivity index (χ0v) is 10.2. The van der Waals surface area contributed by atoms with Gasteiger partial charge in [-0.1, -0.05) is 11.8 Å². The van der Waals surface area contributed by atoms with E-state index in [2.05, 4.69) is 52.1 Å². The first-order chi connectivity index (χ1) is 8.66. The van der Waals surface area contributed by atoms with Crippen LogP contribution in [0.25, 0.3) is 0 Å². The van der Waals surface area contributed by atoms with Gasteiger partial charge in [0, 0.05) is 6.92 Å². The molecular formula is C15H12O3. The summed E-state index contributed by atoms with van der Waals surface area (Å²) < 4.78 is 4.59. The quantitative estimate of drug-likeness (QED) is 0.577. The Labute approximate surface area is 107 Å². The van der Waals surface area contributed by atoms with Crippen molar-refractivity contribution in [1.29, 1.82) is 0 Å². The van der Waals surface area contributed by atoms with Gasteiger partial charge in [0.15, 0.2) is 0 Å². The van der Waals surface area contributed by atoms with Crippen molar-refractivity contribution in [2.24, 2.45) is 0 Å². The zero-order valence-electron chi connectivity index (χ0n) is 10.2. The summed E-state index contributed by atoms with van der Waals surface area (Å²) in [5.74, 6) is 19.8. The lowest BCUT2D eigenvalue weighted by atomic mass is 10.3. The average Bonchev–Trinajstić information content (AvgIpc) is 2.34. The fourth-order valence-corrected chi connectivity index (χ4v) is 0.683. The van der Waals surface area contributed by atoms with E-state index in [0.717, 1.165) is 0 Å². The molecule has 3 nitrogen and oxygen atoms in total. The van der Waals surface area contributed by atoms with Crippen molar-refractivity contribution in [2.45, 2.75) is 20.0 Å². The second-order valence-corrected chi connectivity index (χ2v) is 2.87. The molecule has 0 saturated carbocycles. The number of hydrogen-bond donors (Lipinski definition) is 1. The van der Waals surface area contributed by atoms with Crippen molar-refractivity contribution >= 4 is 5.97 Å². The maximum absolute atomic E-state index is 10.4. The van der Waals surface area contributed by atoms with Gasteiger partial charge < -0.3 is 9.84 Å². The highest BCUT2D eigenvalue weighted by molar-refractivity contribution is 5.65. The van der Waals surface area contributed by atoms with Crippen LogP contribution < -0.4 is 0 Å². The molecule has 0 aliphatic rings. The molecule has 0 saturated heterocycles. The summed E-state index contributed by atoms with van der Waals surface area (Å²) in [7, 11) is 0. The SMILES string of the molecule is CC#CC#CC#CC#C/C=C/[C@H](O)COC(C)=O. The fourth-order valence-electron chi connectivity index (χ4n) is 0.683. The third-order valence-corrected chi connectivity index (χ3v) is 1.37. The van der Waals surface area contributed by atoms with E-state index in [1.54, 1.807) is 6.92 Å². The molecule has 0 fully saturated rings. The van der Waals surface area contributed by atoms with E-state index < -0.39 is 12.1 Å². The first-order valence-corrected chi connectivity index (χ1v) is 5.07. The van der Waals surface area contributed by atoms with Gasteiger partial charge in [0.2, 0.25) is 0 Å². The van der Waals surface area contributed by atoms with Crippen molar-refractivity contribution in [1.82, 2.24) is 0 Å². The summed E-state index contributed by atoms with van der Waals surface area (Å²) in [6.45, 7) is 2.88. The molecule has 18 heavy (non-hydrogen) atoms. The Bertz CT molecular complexity index is 539. The average molecular weight is 240 g/mol. The second kappa shape index (κ2) is 10.9. The molecule has 1 atom stereocenters. The normalized spacial score (nSPS) is 9.28. The lowest BCUT2D eigenvalue weighted by molar-refractivity contribution is -0.143. The van der Waals surface area contributed by atoms with Crippen LogP contribution in [-0.4, -0.2) is 23.8 Å². The minimum absolute atomic E-state index is 0.0830. The Hall–Kier alpha value is -2.59. The van der Waals surface area contributed by atoms with E-state index in [4.69, 9.17) is 0 Å². The maximum Gasteiger partial charge on any atom is 0.302 e. The Balaban J connectivity index is 4.05. The molecule has 0 aromatic heterocycles. The zero-order chi connectivity index (χ0) is 13.6. The summed E-state index contributed by atoms with van der Waals surface area (Å²) in [6.07, 6.45) is 1.98. The maximum atomic E-state index is 10.4. The number of aliphatic hydroxyl groups excluding tert-OH is 1. The standard InChI is InChI=1S/C15H12O3/c1-3-4-5-6-7-8-9-10-11-12-15(17)13-18-14(2)16/h11-12,15,17H,13H2,1-2H3/b12-11+/t15-/m0/s1. The van der Waals surface area contributed by atoms with Gasteiger partial charge in [-0.2, -0.15) is 0 Å². The van der Waals surface area contributed by atoms with Crippen LogP contribution in [0.15, 0.2) is 12.2 Å². The van der Waals surface area contributed by atoms with Gasteiger partial charge in [-0.05, 0) is 54.6 Å². The highest BCUT2D eigenvalue weighted by Crippen LogP contribution is 1.88. The number of hydrogen-bond acceptors (Lipinski definition) is 3. The Kier molecular flexibility index (Phi) is 9.34. The summed E-state index contributed by atoms with van der Waals surface area (Å²) in [4.78, 5) is 10.4. The smallest absolute Gasteiger partial charge is 0.302 e. The number of ether oxygens (including phenoxy) is 1. The number of aliphatic hydroxyl groups is 1. The van der Waals surface area contributed by atoms with E-state index in [0.29, 0.717) is 0 Å². The number of rotatable bonds is 3. The van der Waals surface area contributed by atoms with Gasteiger partial charge in [-0.3, -0.25) is 4.79 Å². The van der Waals surface area contributed by atoms with Crippen LogP contribution in [0, 0.1) is 47.4 Å². The van der Waals surface area contributed by atoms with Crippen LogP contribution in [0.3, 0.4) is 0 Å². The van der Waals surface area contributed by atoms with Crippen LogP contribution in [0.2, 0.25) is 0 Å². The molecule has 0 aliphatic carbocycles. The monoisotopic (exact) mass is 240 g/mol. The van der Waals surface area contributed by atoms with Crippen molar-refractivity contribution < 1.29 is 14.6 Å². The summed E-state index contributed by atoms with van der Waals surface area (Å²) in [5.41, 5.74) is 0. The van der Waals surface area contributed by atoms with Gasteiger partial charge in [0.05, 0.1) is 0 Å². The molecule has 0 rings (SSSR count). The predicted octanol–water partition coefficient (Wildman–Crippen LogP) is 0.500. The van der Waals surface area contributed by atoms with Crippen molar-refractivity contribution in [3.05, 3.63) is 12.2 Å². The molecule has 0 unspecified atom stereocenters. The first kappa shape index (κ1) is 15.4. The molecule has 0 amide bonds. The molecule has 0 spiro atoms. The Morgan fingerprint density at radius 1 is 1.22 bits per heavy atom. The van der Waals surface area contributed by atoms with Gasteiger partial charge >= 0.3 is 5.97 Å². The number of carbonyl (C=O) groups is 1. The van der Waals surface area contributed by atoms with E-state index in [1.165, 1.54) is 19.1 Å². The molecule has 90 valence electrons. The Morgan fingerprint density at radius 2 is 1.83 bits per heavy atom. The number of carbonyl (C=O) groups excluding carboxylic acids is 1. The van der Waals surface area contributed by atoms with Gasteiger partial charge in [-0.25, -0.2) is 0 Å². The fraction of sp³-hybridized carbons (Fsp3) is 0.267. The van der Waals surface area contributed by atoms with Gasteiger partial charge in [0.1, 0.15) is 12.7 Å². The minimum atomic E-state index is -0.865. The Morgan fingerprint density at radius 3 is 2.44 bits per heavy atom. The third kappa shape index (κ3) is 11.5. The van der Waals surface area contributed by atoms with Crippen LogP contribution >= 0.6 is 0 Å². The highest BCUT2D eigenvalue weighted by atomic mass is 16.5. The second-order valence-electron chi connectivity index (χ2n) is 2.87. The molecule has 0 aliphatic heterocycles. The summed E-state index contributed by atoms with van der Waals surface area (Å²) in [5, 5.41) is 9.29. The predicted molar refractivity (Wildman–Crippen MR) is 68.6 cm³/mol. The van der Waals surface area contributed by atoms with Crippen LogP contribution in [0.4, 0.5) is 0 Å².